The number of aryl methyl sites for hydroxylation is 2. The minimum Gasteiger partial charge on any atom is -0.341 e. The molecule has 0 aliphatic carbocycles. The van der Waals surface area contributed by atoms with Crippen LogP contribution < -0.4 is 0 Å². The molecule has 1 aromatic heterocycles. The second-order valence-electron chi connectivity index (χ2n) is 7.09. The quantitative estimate of drug-likeness (QED) is 0.797. The Kier molecular flexibility index (Phi) is 6.00. The summed E-state index contributed by atoms with van der Waals surface area (Å²) in [7, 11) is 4.16. The number of nitrogens with zero attached hydrogens (tertiary/aromatic N) is 5. The Morgan fingerprint density at radius 2 is 2.08 bits per heavy atom. The van der Waals surface area contributed by atoms with Crippen LogP contribution in [-0.4, -0.2) is 58.7 Å². The molecule has 0 saturated carbocycles. The molecule has 2 heterocycles. The van der Waals surface area contributed by atoms with Crippen molar-refractivity contribution in [2.45, 2.75) is 52.6 Å². The number of likely N-dealkylation sites (N-methyl/N-ethyl adjacent to an activating group) is 1. The Hall–Kier alpha value is -1.87. The van der Waals surface area contributed by atoms with E-state index in [0.717, 1.165) is 36.5 Å². The Bertz CT molecular complexity index is 628. The molecular weight excluding hydrogens is 302 g/mol. The molecule has 6 heteroatoms. The fraction of sp³-hybridized carbons (Fsp3) is 0.722. The van der Waals surface area contributed by atoms with Gasteiger partial charge in [0.1, 0.15) is 0 Å². The fourth-order valence-electron chi connectivity index (χ4n) is 3.68. The highest BCUT2D eigenvalue weighted by Gasteiger charge is 2.33. The molecule has 1 aliphatic heterocycles. The molecule has 0 radical (unpaired) electrons. The van der Waals surface area contributed by atoms with E-state index in [1.807, 2.05) is 23.4 Å². The number of aromatic nitrogens is 2. The molecular formula is C18H29N5O. The number of likely N-dealkylation sites (tertiary alicyclic amines) is 1. The summed E-state index contributed by atoms with van der Waals surface area (Å²) in [5, 5.41) is 13.2. The van der Waals surface area contributed by atoms with Crippen molar-refractivity contribution in [2.75, 3.05) is 27.2 Å². The Morgan fingerprint density at radius 1 is 1.38 bits per heavy atom. The molecule has 2 rings (SSSR count). The van der Waals surface area contributed by atoms with Crippen molar-refractivity contribution >= 4 is 5.91 Å². The van der Waals surface area contributed by atoms with Crippen molar-refractivity contribution in [2.24, 2.45) is 5.92 Å². The van der Waals surface area contributed by atoms with Gasteiger partial charge in [-0.05, 0) is 45.8 Å². The van der Waals surface area contributed by atoms with Gasteiger partial charge >= 0.3 is 0 Å². The van der Waals surface area contributed by atoms with Crippen LogP contribution in [0.25, 0.3) is 0 Å². The lowest BCUT2D eigenvalue weighted by atomic mass is 10.1. The molecule has 1 aromatic rings. The van der Waals surface area contributed by atoms with Crippen molar-refractivity contribution in [1.29, 1.82) is 5.26 Å². The summed E-state index contributed by atoms with van der Waals surface area (Å²) in [4.78, 5) is 16.8. The predicted molar refractivity (Wildman–Crippen MR) is 93.5 cm³/mol. The maximum Gasteiger partial charge on any atom is 0.222 e. The van der Waals surface area contributed by atoms with E-state index in [4.69, 9.17) is 5.26 Å². The van der Waals surface area contributed by atoms with Crippen molar-refractivity contribution in [3.63, 3.8) is 0 Å². The van der Waals surface area contributed by atoms with Crippen molar-refractivity contribution in [3.8, 4) is 6.07 Å². The molecule has 0 aromatic carbocycles. The van der Waals surface area contributed by atoms with E-state index in [1.165, 1.54) is 0 Å². The molecule has 0 unspecified atom stereocenters. The van der Waals surface area contributed by atoms with Crippen LogP contribution in [0.2, 0.25) is 0 Å². The monoisotopic (exact) mass is 331 g/mol. The summed E-state index contributed by atoms with van der Waals surface area (Å²) in [6.45, 7) is 8.51. The summed E-state index contributed by atoms with van der Waals surface area (Å²) in [5.74, 6) is 0.746. The van der Waals surface area contributed by atoms with Crippen LogP contribution in [0.15, 0.2) is 0 Å². The highest BCUT2D eigenvalue weighted by Crippen LogP contribution is 2.22. The Morgan fingerprint density at radius 3 is 2.67 bits per heavy atom. The number of rotatable bonds is 6. The summed E-state index contributed by atoms with van der Waals surface area (Å²) in [5.41, 5.74) is 3.20. The van der Waals surface area contributed by atoms with Crippen LogP contribution in [0.5, 0.6) is 0 Å². The second-order valence-corrected chi connectivity index (χ2v) is 7.09. The van der Waals surface area contributed by atoms with Gasteiger partial charge in [0.25, 0.3) is 0 Å². The van der Waals surface area contributed by atoms with E-state index >= 15 is 0 Å². The molecule has 24 heavy (non-hydrogen) atoms. The maximum absolute atomic E-state index is 12.6. The van der Waals surface area contributed by atoms with Crippen molar-refractivity contribution < 1.29 is 4.79 Å². The lowest BCUT2D eigenvalue weighted by Crippen LogP contribution is -2.35. The van der Waals surface area contributed by atoms with Crippen LogP contribution in [0.3, 0.4) is 0 Å². The first-order valence-corrected chi connectivity index (χ1v) is 8.69. The molecule has 1 saturated heterocycles. The minimum atomic E-state index is 0.231. The standard InChI is InChI=1S/C18H29N5O/c1-13-11-22(12-17(13)21(4)5)18(24)8-7-16-14(2)20-23(15(16)3)10-6-9-19/h13,17H,6-8,10-12H2,1-5H3/t13-,17-/m1/s1. The van der Waals surface area contributed by atoms with Crippen molar-refractivity contribution in [3.05, 3.63) is 17.0 Å². The first kappa shape index (κ1) is 18.5. The molecule has 0 bridgehead atoms. The molecule has 0 N–H and O–H groups in total. The topological polar surface area (TPSA) is 65.2 Å². The summed E-state index contributed by atoms with van der Waals surface area (Å²) >= 11 is 0. The van der Waals surface area contributed by atoms with Crippen LogP contribution in [-0.2, 0) is 17.8 Å². The van der Waals surface area contributed by atoms with Gasteiger partial charge in [0.2, 0.25) is 5.91 Å². The maximum atomic E-state index is 12.6. The lowest BCUT2D eigenvalue weighted by Gasteiger charge is -2.22. The van der Waals surface area contributed by atoms with Crippen LogP contribution in [0, 0.1) is 31.1 Å². The third-order valence-electron chi connectivity index (χ3n) is 5.14. The molecule has 6 nitrogen and oxygen atoms in total. The molecule has 1 fully saturated rings. The zero-order valence-electron chi connectivity index (χ0n) is 15.5. The highest BCUT2D eigenvalue weighted by atomic mass is 16.2. The average Bonchev–Trinajstić information content (AvgIpc) is 3.04. The minimum absolute atomic E-state index is 0.231. The average molecular weight is 331 g/mol. The van der Waals surface area contributed by atoms with E-state index < -0.39 is 0 Å². The van der Waals surface area contributed by atoms with Crippen LogP contribution >= 0.6 is 0 Å². The van der Waals surface area contributed by atoms with Gasteiger partial charge in [0, 0.05) is 31.2 Å². The number of nitriles is 1. The van der Waals surface area contributed by atoms with Gasteiger partial charge in [-0.25, -0.2) is 0 Å². The number of carbonyl (C=O) groups excluding carboxylic acids is 1. The van der Waals surface area contributed by atoms with E-state index in [0.29, 0.717) is 31.3 Å². The third-order valence-corrected chi connectivity index (χ3v) is 5.14. The number of hydrogen-bond donors (Lipinski definition) is 0. The second kappa shape index (κ2) is 7.80. The molecule has 132 valence electrons. The molecule has 0 spiro atoms. The van der Waals surface area contributed by atoms with Gasteiger partial charge in [0.05, 0.1) is 24.7 Å². The molecule has 1 aliphatic rings. The SMILES string of the molecule is Cc1nn(CCC#N)c(C)c1CCC(=O)N1C[C@@H](C)[C@H](N(C)C)C1. The first-order valence-electron chi connectivity index (χ1n) is 8.69. The summed E-state index contributed by atoms with van der Waals surface area (Å²) in [6.07, 6.45) is 1.71. The fourth-order valence-corrected chi connectivity index (χ4v) is 3.68. The van der Waals surface area contributed by atoms with Gasteiger partial charge < -0.3 is 9.80 Å². The number of hydrogen-bond acceptors (Lipinski definition) is 4. The van der Waals surface area contributed by atoms with Gasteiger partial charge in [0.15, 0.2) is 0 Å². The van der Waals surface area contributed by atoms with E-state index in [2.05, 4.69) is 37.1 Å². The zero-order chi connectivity index (χ0) is 17.9. The largest absolute Gasteiger partial charge is 0.341 e. The Labute approximate surface area is 145 Å². The zero-order valence-corrected chi connectivity index (χ0v) is 15.5. The third kappa shape index (κ3) is 3.96. The smallest absolute Gasteiger partial charge is 0.222 e. The molecule has 2 atom stereocenters. The van der Waals surface area contributed by atoms with Crippen molar-refractivity contribution in [1.82, 2.24) is 19.6 Å². The van der Waals surface area contributed by atoms with E-state index in [1.54, 1.807) is 0 Å². The summed E-state index contributed by atoms with van der Waals surface area (Å²) < 4.78 is 1.89. The van der Waals surface area contributed by atoms with Gasteiger partial charge in [-0.2, -0.15) is 10.4 Å². The highest BCUT2D eigenvalue weighted by molar-refractivity contribution is 5.77. The van der Waals surface area contributed by atoms with Crippen LogP contribution in [0.1, 0.15) is 36.7 Å². The predicted octanol–water partition coefficient (Wildman–Crippen LogP) is 1.75. The lowest BCUT2D eigenvalue weighted by molar-refractivity contribution is -0.130. The van der Waals surface area contributed by atoms with E-state index in [9.17, 15) is 4.79 Å². The summed E-state index contributed by atoms with van der Waals surface area (Å²) in [6, 6.07) is 2.60. The first-order chi connectivity index (χ1) is 11.3. The van der Waals surface area contributed by atoms with Gasteiger partial charge in [-0.15, -0.1) is 0 Å². The number of amides is 1. The normalized spacial score (nSPS) is 20.6. The van der Waals surface area contributed by atoms with Gasteiger partial charge in [-0.1, -0.05) is 6.92 Å². The molecule has 1 amide bonds. The van der Waals surface area contributed by atoms with Gasteiger partial charge in [-0.3, -0.25) is 9.48 Å². The number of carbonyl (C=O) groups is 1. The van der Waals surface area contributed by atoms with E-state index in [-0.39, 0.29) is 5.91 Å². The van der Waals surface area contributed by atoms with Crippen LogP contribution in [0.4, 0.5) is 0 Å². The Balaban J connectivity index is 1.95.